The number of benzene rings is 1. The highest BCUT2D eigenvalue weighted by Crippen LogP contribution is 2.22. The molecule has 1 saturated heterocycles. The molecule has 0 radical (unpaired) electrons. The van der Waals surface area contributed by atoms with Crippen LogP contribution in [0.5, 0.6) is 5.75 Å². The maximum absolute atomic E-state index is 9.92. The van der Waals surface area contributed by atoms with E-state index in [1.54, 1.807) is 12.1 Å². The number of phenolic OH excluding ortho intramolecular Hbond substituents is 1. The molecule has 1 heterocycles. The van der Waals surface area contributed by atoms with Gasteiger partial charge in [0.1, 0.15) is 5.75 Å². The molecule has 22 heavy (non-hydrogen) atoms. The minimum absolute atomic E-state index is 0.220. The summed E-state index contributed by atoms with van der Waals surface area (Å²) in [7, 11) is 0. The number of phenols is 1. The van der Waals surface area contributed by atoms with E-state index in [1.165, 1.54) is 0 Å². The van der Waals surface area contributed by atoms with Crippen LogP contribution in [0, 0.1) is 0 Å². The molecule has 0 aliphatic carbocycles. The van der Waals surface area contributed by atoms with Crippen LogP contribution in [0.2, 0.25) is 0 Å². The zero-order chi connectivity index (χ0) is 15.6. The van der Waals surface area contributed by atoms with Gasteiger partial charge in [0.25, 0.3) is 0 Å². The highest BCUT2D eigenvalue weighted by molar-refractivity contribution is 5.95. The second-order valence-electron chi connectivity index (χ2n) is 5.00. The van der Waals surface area contributed by atoms with Crippen LogP contribution in [0.25, 0.3) is 0 Å². The molecule has 2 rings (SSSR count). The van der Waals surface area contributed by atoms with Crippen molar-refractivity contribution in [1.29, 1.82) is 0 Å². The minimum Gasteiger partial charge on any atom is -0.506 e. The fourth-order valence-corrected chi connectivity index (χ4v) is 2.19. The Labute approximate surface area is 131 Å². The largest absolute Gasteiger partial charge is 0.506 e. The van der Waals surface area contributed by atoms with Gasteiger partial charge in [0.05, 0.1) is 18.9 Å². The molecule has 0 unspecified atom stereocenters. The summed E-state index contributed by atoms with van der Waals surface area (Å²) in [6, 6.07) is 7.18. The average molecular weight is 307 g/mol. The number of aliphatic imine (C=N–C) groups is 1. The van der Waals surface area contributed by atoms with E-state index in [4.69, 9.17) is 9.47 Å². The molecule has 1 aromatic rings. The third-order valence-corrected chi connectivity index (χ3v) is 3.37. The topological polar surface area (TPSA) is 66.3 Å². The molecule has 1 fully saturated rings. The number of ether oxygens (including phenoxy) is 2. The summed E-state index contributed by atoms with van der Waals surface area (Å²) in [5.41, 5.74) is 0.664. The lowest BCUT2D eigenvalue weighted by Crippen LogP contribution is -2.44. The molecule has 1 aromatic carbocycles. The number of nitrogens with zero attached hydrogens (tertiary/aromatic N) is 2. The van der Waals surface area contributed by atoms with Crippen LogP contribution in [0.1, 0.15) is 13.3 Å². The molecule has 0 aromatic heterocycles. The molecule has 0 atom stereocenters. The summed E-state index contributed by atoms with van der Waals surface area (Å²) in [5.74, 6) is 0.999. The van der Waals surface area contributed by atoms with Crippen LogP contribution in [-0.2, 0) is 9.47 Å². The zero-order valence-electron chi connectivity index (χ0n) is 13.1. The summed E-state index contributed by atoms with van der Waals surface area (Å²) < 4.78 is 10.7. The van der Waals surface area contributed by atoms with E-state index in [0.717, 1.165) is 32.1 Å². The van der Waals surface area contributed by atoms with Gasteiger partial charge in [0.15, 0.2) is 5.96 Å². The highest BCUT2D eigenvalue weighted by Gasteiger charge is 2.16. The van der Waals surface area contributed by atoms with E-state index in [0.29, 0.717) is 32.1 Å². The predicted molar refractivity (Wildman–Crippen MR) is 87.5 cm³/mol. The van der Waals surface area contributed by atoms with Crippen LogP contribution >= 0.6 is 0 Å². The Morgan fingerprint density at radius 2 is 2.14 bits per heavy atom. The number of para-hydroxylation sites is 2. The molecule has 122 valence electrons. The molecule has 0 saturated carbocycles. The third kappa shape index (κ3) is 5.20. The van der Waals surface area contributed by atoms with Gasteiger partial charge in [-0.1, -0.05) is 12.1 Å². The van der Waals surface area contributed by atoms with Gasteiger partial charge in [-0.25, -0.2) is 0 Å². The van der Waals surface area contributed by atoms with Crippen molar-refractivity contribution in [2.24, 2.45) is 4.99 Å². The van der Waals surface area contributed by atoms with Gasteiger partial charge in [-0.15, -0.1) is 0 Å². The van der Waals surface area contributed by atoms with Gasteiger partial charge >= 0.3 is 0 Å². The SMILES string of the molecule is CCOCCCN=C(Nc1ccccc1O)N1CCOCC1. The van der Waals surface area contributed by atoms with E-state index < -0.39 is 0 Å². The van der Waals surface area contributed by atoms with Gasteiger partial charge in [-0.2, -0.15) is 0 Å². The maximum Gasteiger partial charge on any atom is 0.198 e. The zero-order valence-corrected chi connectivity index (χ0v) is 13.1. The van der Waals surface area contributed by atoms with Gasteiger partial charge in [0, 0.05) is 32.8 Å². The standard InChI is InChI=1S/C16H25N3O3/c1-2-21-11-5-8-17-16(19-9-12-22-13-10-19)18-14-6-3-4-7-15(14)20/h3-4,6-7,20H,2,5,8-13H2,1H3,(H,17,18). The average Bonchev–Trinajstić information content (AvgIpc) is 2.56. The van der Waals surface area contributed by atoms with Crippen molar-refractivity contribution < 1.29 is 14.6 Å². The predicted octanol–water partition coefficient (Wildman–Crippen LogP) is 1.92. The molecule has 0 spiro atoms. The molecular formula is C16H25N3O3. The third-order valence-electron chi connectivity index (χ3n) is 3.37. The van der Waals surface area contributed by atoms with Crippen LogP contribution in [0.4, 0.5) is 5.69 Å². The first-order chi connectivity index (χ1) is 10.8. The monoisotopic (exact) mass is 307 g/mol. The van der Waals surface area contributed by atoms with Crippen LogP contribution < -0.4 is 5.32 Å². The molecule has 0 amide bonds. The Morgan fingerprint density at radius 3 is 2.86 bits per heavy atom. The number of hydrogen-bond donors (Lipinski definition) is 2. The Bertz CT molecular complexity index is 473. The Hall–Kier alpha value is -1.79. The summed E-state index contributed by atoms with van der Waals surface area (Å²) in [6.45, 7) is 7.11. The first-order valence-corrected chi connectivity index (χ1v) is 7.81. The number of anilines is 1. The van der Waals surface area contributed by atoms with E-state index in [9.17, 15) is 5.11 Å². The first-order valence-electron chi connectivity index (χ1n) is 7.81. The van der Waals surface area contributed by atoms with Crippen molar-refractivity contribution in [1.82, 2.24) is 4.90 Å². The molecule has 6 heteroatoms. The van der Waals surface area contributed by atoms with Crippen molar-refractivity contribution >= 4 is 11.6 Å². The van der Waals surface area contributed by atoms with Gasteiger partial charge in [-0.05, 0) is 25.5 Å². The van der Waals surface area contributed by atoms with E-state index in [-0.39, 0.29) is 5.75 Å². The fourth-order valence-electron chi connectivity index (χ4n) is 2.19. The second-order valence-corrected chi connectivity index (χ2v) is 5.00. The second kappa shape index (κ2) is 9.27. The summed E-state index contributed by atoms with van der Waals surface area (Å²) in [5, 5.41) is 13.2. The lowest BCUT2D eigenvalue weighted by atomic mass is 10.3. The summed E-state index contributed by atoms with van der Waals surface area (Å²) in [4.78, 5) is 6.79. The van der Waals surface area contributed by atoms with Crippen LogP contribution in [0.15, 0.2) is 29.3 Å². The number of aromatic hydroxyl groups is 1. The lowest BCUT2D eigenvalue weighted by molar-refractivity contribution is 0.0678. The molecule has 2 N–H and O–H groups in total. The molecule has 6 nitrogen and oxygen atoms in total. The quantitative estimate of drug-likeness (QED) is 0.364. The Balaban J connectivity index is 2.00. The number of nitrogens with one attached hydrogen (secondary N) is 1. The van der Waals surface area contributed by atoms with Gasteiger partial charge < -0.3 is 24.8 Å². The van der Waals surface area contributed by atoms with E-state index in [1.807, 2.05) is 19.1 Å². The summed E-state index contributed by atoms with van der Waals surface area (Å²) in [6.07, 6.45) is 0.879. The number of guanidine groups is 1. The Morgan fingerprint density at radius 1 is 1.36 bits per heavy atom. The number of morpholine rings is 1. The van der Waals surface area contributed by atoms with Crippen LogP contribution in [0.3, 0.4) is 0 Å². The van der Waals surface area contributed by atoms with Crippen LogP contribution in [-0.4, -0.2) is 62.0 Å². The van der Waals surface area contributed by atoms with Crippen molar-refractivity contribution in [2.75, 3.05) is 51.4 Å². The number of rotatable bonds is 6. The van der Waals surface area contributed by atoms with Crippen molar-refractivity contribution in [2.45, 2.75) is 13.3 Å². The molecular weight excluding hydrogens is 282 g/mol. The molecule has 1 aliphatic rings. The lowest BCUT2D eigenvalue weighted by Gasteiger charge is -2.30. The highest BCUT2D eigenvalue weighted by atomic mass is 16.5. The minimum atomic E-state index is 0.220. The Kier molecular flexibility index (Phi) is 6.99. The fraction of sp³-hybridized carbons (Fsp3) is 0.562. The van der Waals surface area contributed by atoms with Crippen molar-refractivity contribution in [3.8, 4) is 5.75 Å². The van der Waals surface area contributed by atoms with Crippen molar-refractivity contribution in [3.63, 3.8) is 0 Å². The smallest absolute Gasteiger partial charge is 0.198 e. The molecule has 1 aliphatic heterocycles. The number of hydrogen-bond acceptors (Lipinski definition) is 4. The van der Waals surface area contributed by atoms with E-state index >= 15 is 0 Å². The normalized spacial score (nSPS) is 15.9. The first kappa shape index (κ1) is 16.6. The van der Waals surface area contributed by atoms with Crippen molar-refractivity contribution in [3.05, 3.63) is 24.3 Å². The van der Waals surface area contributed by atoms with E-state index in [2.05, 4.69) is 15.2 Å². The summed E-state index contributed by atoms with van der Waals surface area (Å²) >= 11 is 0. The van der Waals surface area contributed by atoms with Gasteiger partial charge in [0.2, 0.25) is 0 Å². The maximum atomic E-state index is 9.92. The van der Waals surface area contributed by atoms with Gasteiger partial charge in [-0.3, -0.25) is 4.99 Å². The molecule has 0 bridgehead atoms.